The van der Waals surface area contributed by atoms with Crippen LogP contribution in [0.5, 0.6) is 0 Å². The summed E-state index contributed by atoms with van der Waals surface area (Å²) in [5, 5.41) is 5.03. The second kappa shape index (κ2) is 5.51. The molecule has 0 aliphatic carbocycles. The average molecular weight is 284 g/mol. The minimum absolute atomic E-state index is 0.00756. The molecule has 20 heavy (non-hydrogen) atoms. The Labute approximate surface area is 121 Å². The maximum absolute atomic E-state index is 12.2. The summed E-state index contributed by atoms with van der Waals surface area (Å²) < 4.78 is 3.10. The van der Waals surface area contributed by atoms with Gasteiger partial charge in [-0.1, -0.05) is 30.3 Å². The van der Waals surface area contributed by atoms with Crippen molar-refractivity contribution in [2.75, 3.05) is 6.54 Å². The SMILES string of the molecule is Cn1c(C(=O)NCCc2ccccc2)cc2sccc21. The number of nitrogens with zero attached hydrogens (tertiary/aromatic N) is 1. The molecule has 2 aromatic heterocycles. The summed E-state index contributed by atoms with van der Waals surface area (Å²) in [5.74, 6) is -0.00756. The van der Waals surface area contributed by atoms with E-state index < -0.39 is 0 Å². The van der Waals surface area contributed by atoms with Crippen molar-refractivity contribution in [1.29, 1.82) is 0 Å². The third-order valence-electron chi connectivity index (χ3n) is 3.44. The highest BCUT2D eigenvalue weighted by Gasteiger charge is 2.13. The predicted octanol–water partition coefficient (Wildman–Crippen LogP) is 3.21. The van der Waals surface area contributed by atoms with Gasteiger partial charge < -0.3 is 9.88 Å². The Balaban J connectivity index is 1.64. The topological polar surface area (TPSA) is 34.0 Å². The highest BCUT2D eigenvalue weighted by atomic mass is 32.1. The van der Waals surface area contributed by atoms with Gasteiger partial charge in [0.05, 0.1) is 10.2 Å². The Bertz CT molecular complexity index is 727. The number of rotatable bonds is 4. The Kier molecular flexibility index (Phi) is 3.56. The van der Waals surface area contributed by atoms with Gasteiger partial charge in [-0.15, -0.1) is 11.3 Å². The molecule has 1 amide bonds. The molecule has 0 spiro atoms. The smallest absolute Gasteiger partial charge is 0.267 e. The van der Waals surface area contributed by atoms with Crippen molar-refractivity contribution in [1.82, 2.24) is 9.88 Å². The molecule has 1 aromatic carbocycles. The molecule has 0 atom stereocenters. The first kappa shape index (κ1) is 12.9. The third-order valence-corrected chi connectivity index (χ3v) is 4.29. The zero-order chi connectivity index (χ0) is 13.9. The number of carbonyl (C=O) groups is 1. The molecule has 3 aromatic rings. The van der Waals surface area contributed by atoms with Gasteiger partial charge in [-0.3, -0.25) is 4.79 Å². The minimum Gasteiger partial charge on any atom is -0.350 e. The number of hydrogen-bond donors (Lipinski definition) is 1. The van der Waals surface area contributed by atoms with Crippen molar-refractivity contribution in [3.05, 3.63) is 59.1 Å². The van der Waals surface area contributed by atoms with E-state index in [9.17, 15) is 4.79 Å². The van der Waals surface area contributed by atoms with Crippen molar-refractivity contribution in [3.8, 4) is 0 Å². The van der Waals surface area contributed by atoms with Crippen LogP contribution >= 0.6 is 11.3 Å². The molecule has 0 saturated heterocycles. The van der Waals surface area contributed by atoms with E-state index in [-0.39, 0.29) is 5.91 Å². The molecule has 1 N–H and O–H groups in total. The summed E-state index contributed by atoms with van der Waals surface area (Å²) in [6.45, 7) is 0.654. The van der Waals surface area contributed by atoms with Crippen LogP contribution in [0, 0.1) is 0 Å². The van der Waals surface area contributed by atoms with Crippen molar-refractivity contribution < 1.29 is 4.79 Å². The number of benzene rings is 1. The van der Waals surface area contributed by atoms with E-state index in [0.717, 1.165) is 22.3 Å². The second-order valence-electron chi connectivity index (χ2n) is 4.75. The fourth-order valence-electron chi connectivity index (χ4n) is 2.32. The Morgan fingerprint density at radius 2 is 2.05 bits per heavy atom. The van der Waals surface area contributed by atoms with E-state index in [4.69, 9.17) is 0 Å². The molecular formula is C16H16N2OS. The second-order valence-corrected chi connectivity index (χ2v) is 5.70. The van der Waals surface area contributed by atoms with Gasteiger partial charge in [-0.2, -0.15) is 0 Å². The lowest BCUT2D eigenvalue weighted by Gasteiger charge is -2.06. The van der Waals surface area contributed by atoms with Crippen molar-refractivity contribution in [2.24, 2.45) is 7.05 Å². The van der Waals surface area contributed by atoms with Crippen LogP contribution in [-0.4, -0.2) is 17.0 Å². The fourth-order valence-corrected chi connectivity index (χ4v) is 3.17. The van der Waals surface area contributed by atoms with Crippen LogP contribution in [0.4, 0.5) is 0 Å². The number of thiophene rings is 1. The molecule has 0 aliphatic heterocycles. The van der Waals surface area contributed by atoms with Gasteiger partial charge in [0.2, 0.25) is 0 Å². The summed E-state index contributed by atoms with van der Waals surface area (Å²) in [7, 11) is 1.93. The molecule has 102 valence electrons. The Hall–Kier alpha value is -2.07. The minimum atomic E-state index is -0.00756. The first-order valence-corrected chi connectivity index (χ1v) is 7.49. The van der Waals surface area contributed by atoms with Gasteiger partial charge in [-0.25, -0.2) is 0 Å². The van der Waals surface area contributed by atoms with Crippen LogP contribution in [0.2, 0.25) is 0 Å². The molecule has 0 radical (unpaired) electrons. The fraction of sp³-hybridized carbons (Fsp3) is 0.188. The number of hydrogen-bond acceptors (Lipinski definition) is 2. The van der Waals surface area contributed by atoms with Crippen LogP contribution < -0.4 is 5.32 Å². The lowest BCUT2D eigenvalue weighted by Crippen LogP contribution is -2.27. The number of aryl methyl sites for hydroxylation is 1. The zero-order valence-electron chi connectivity index (χ0n) is 11.3. The van der Waals surface area contributed by atoms with E-state index in [2.05, 4.69) is 17.4 Å². The number of amides is 1. The molecular weight excluding hydrogens is 268 g/mol. The molecule has 0 aliphatic rings. The van der Waals surface area contributed by atoms with Crippen LogP contribution in [0.25, 0.3) is 10.2 Å². The molecule has 4 heteroatoms. The summed E-state index contributed by atoms with van der Waals surface area (Å²) in [4.78, 5) is 12.2. The third kappa shape index (κ3) is 2.47. The van der Waals surface area contributed by atoms with Crippen LogP contribution in [0.3, 0.4) is 0 Å². The summed E-state index contributed by atoms with van der Waals surface area (Å²) in [6, 6.07) is 14.2. The van der Waals surface area contributed by atoms with E-state index in [1.807, 2.05) is 47.3 Å². The molecule has 0 unspecified atom stereocenters. The monoisotopic (exact) mass is 284 g/mol. The van der Waals surface area contributed by atoms with E-state index >= 15 is 0 Å². The van der Waals surface area contributed by atoms with Gasteiger partial charge in [0, 0.05) is 13.6 Å². The average Bonchev–Trinajstić information content (AvgIpc) is 3.03. The Morgan fingerprint density at radius 1 is 1.25 bits per heavy atom. The van der Waals surface area contributed by atoms with E-state index in [1.54, 1.807) is 11.3 Å². The number of aromatic nitrogens is 1. The highest BCUT2D eigenvalue weighted by Crippen LogP contribution is 2.23. The van der Waals surface area contributed by atoms with Crippen LogP contribution in [-0.2, 0) is 13.5 Å². The summed E-state index contributed by atoms with van der Waals surface area (Å²) >= 11 is 1.66. The summed E-state index contributed by atoms with van der Waals surface area (Å²) in [6.07, 6.45) is 0.853. The maximum Gasteiger partial charge on any atom is 0.267 e. The first-order chi connectivity index (χ1) is 9.75. The van der Waals surface area contributed by atoms with Crippen molar-refractivity contribution >= 4 is 27.5 Å². The Morgan fingerprint density at radius 3 is 2.80 bits per heavy atom. The van der Waals surface area contributed by atoms with Gasteiger partial charge in [0.15, 0.2) is 0 Å². The van der Waals surface area contributed by atoms with E-state index in [1.165, 1.54) is 5.56 Å². The number of nitrogens with one attached hydrogen (secondary N) is 1. The van der Waals surface area contributed by atoms with Gasteiger partial charge in [0.25, 0.3) is 5.91 Å². The number of fused-ring (bicyclic) bond motifs is 1. The molecule has 3 rings (SSSR count). The first-order valence-electron chi connectivity index (χ1n) is 6.61. The lowest BCUT2D eigenvalue weighted by molar-refractivity contribution is 0.0946. The summed E-state index contributed by atoms with van der Waals surface area (Å²) in [5.41, 5.74) is 3.07. The van der Waals surface area contributed by atoms with Crippen molar-refractivity contribution in [3.63, 3.8) is 0 Å². The number of carbonyl (C=O) groups excluding carboxylic acids is 1. The lowest BCUT2D eigenvalue weighted by atomic mass is 10.1. The van der Waals surface area contributed by atoms with Gasteiger partial charge in [0.1, 0.15) is 5.69 Å². The molecule has 2 heterocycles. The largest absolute Gasteiger partial charge is 0.350 e. The molecule has 0 fully saturated rings. The molecule has 3 nitrogen and oxygen atoms in total. The van der Waals surface area contributed by atoms with E-state index in [0.29, 0.717) is 6.54 Å². The van der Waals surface area contributed by atoms with Crippen molar-refractivity contribution in [2.45, 2.75) is 6.42 Å². The molecule has 0 saturated carbocycles. The van der Waals surface area contributed by atoms with Crippen LogP contribution in [0.15, 0.2) is 47.8 Å². The predicted molar refractivity (Wildman–Crippen MR) is 83.3 cm³/mol. The van der Waals surface area contributed by atoms with Crippen LogP contribution in [0.1, 0.15) is 16.1 Å². The molecule has 0 bridgehead atoms. The quantitative estimate of drug-likeness (QED) is 0.784. The van der Waals surface area contributed by atoms with Gasteiger partial charge in [-0.05, 0) is 29.5 Å². The van der Waals surface area contributed by atoms with Gasteiger partial charge >= 0.3 is 0 Å². The maximum atomic E-state index is 12.2. The zero-order valence-corrected chi connectivity index (χ0v) is 12.1. The standard InChI is InChI=1S/C16H16N2OS/c1-18-13-8-10-20-15(13)11-14(18)16(19)17-9-7-12-5-3-2-4-6-12/h2-6,8,10-11H,7,9H2,1H3,(H,17,19). The normalized spacial score (nSPS) is 10.8. The highest BCUT2D eigenvalue weighted by molar-refractivity contribution is 7.17.